The number of hydrogen-bond donors (Lipinski definition) is 2. The first kappa shape index (κ1) is 23.8. The number of rotatable bonds is 7. The Labute approximate surface area is 191 Å². The standard InChI is InChI=1S/C22H28N4O5S/c1-13-7-6-9-17(14(13)2)24-22(29)25-19(27)11-30-21(28)16-8-4-5-10-18(16)32-12-20-23-15(3)26-31-20/h4-5,8,10,13-14,17H,6-7,9,11-12H2,1-3H3,(H2,24,25,27,29)/t13-,14+,17-/m1/s1. The summed E-state index contributed by atoms with van der Waals surface area (Å²) in [5.41, 5.74) is 0.316. The number of benzene rings is 1. The molecular weight excluding hydrogens is 432 g/mol. The van der Waals surface area contributed by atoms with Gasteiger partial charge in [-0.25, -0.2) is 9.59 Å². The summed E-state index contributed by atoms with van der Waals surface area (Å²) in [5, 5.41) is 8.83. The number of imide groups is 1. The summed E-state index contributed by atoms with van der Waals surface area (Å²) in [7, 11) is 0. The molecule has 172 valence electrons. The predicted octanol–water partition coefficient (Wildman–Crippen LogP) is 3.48. The molecule has 0 bridgehead atoms. The lowest BCUT2D eigenvalue weighted by atomic mass is 9.78. The maximum atomic E-state index is 12.5. The van der Waals surface area contributed by atoms with Crippen molar-refractivity contribution in [2.75, 3.05) is 6.61 Å². The van der Waals surface area contributed by atoms with E-state index in [2.05, 4.69) is 34.6 Å². The van der Waals surface area contributed by atoms with Crippen molar-refractivity contribution < 1.29 is 23.6 Å². The van der Waals surface area contributed by atoms with Crippen LogP contribution in [0.4, 0.5) is 4.79 Å². The molecule has 9 nitrogen and oxygen atoms in total. The van der Waals surface area contributed by atoms with Crippen molar-refractivity contribution >= 4 is 29.7 Å². The zero-order valence-corrected chi connectivity index (χ0v) is 19.2. The lowest BCUT2D eigenvalue weighted by Gasteiger charge is -2.34. The zero-order valence-electron chi connectivity index (χ0n) is 18.4. The number of carbonyl (C=O) groups excluding carboxylic acids is 3. The highest BCUT2D eigenvalue weighted by Gasteiger charge is 2.28. The van der Waals surface area contributed by atoms with Crippen molar-refractivity contribution in [1.82, 2.24) is 20.8 Å². The Morgan fingerprint density at radius 3 is 2.75 bits per heavy atom. The van der Waals surface area contributed by atoms with Crippen LogP contribution in [0.2, 0.25) is 0 Å². The summed E-state index contributed by atoms with van der Waals surface area (Å²) in [4.78, 5) is 41.5. The molecule has 3 rings (SSSR count). The van der Waals surface area contributed by atoms with Crippen LogP contribution in [-0.2, 0) is 15.3 Å². The summed E-state index contributed by atoms with van der Waals surface area (Å²) in [6.45, 7) is 5.45. The van der Waals surface area contributed by atoms with Crippen molar-refractivity contribution in [3.05, 3.63) is 41.5 Å². The van der Waals surface area contributed by atoms with E-state index in [4.69, 9.17) is 9.26 Å². The highest BCUT2D eigenvalue weighted by Crippen LogP contribution is 2.29. The first-order valence-electron chi connectivity index (χ1n) is 10.6. The number of thioether (sulfide) groups is 1. The monoisotopic (exact) mass is 460 g/mol. The minimum absolute atomic E-state index is 0.0284. The van der Waals surface area contributed by atoms with Gasteiger partial charge in [-0.05, 0) is 37.3 Å². The maximum Gasteiger partial charge on any atom is 0.339 e. The molecular formula is C22H28N4O5S. The van der Waals surface area contributed by atoms with Crippen LogP contribution in [0.3, 0.4) is 0 Å². The Morgan fingerprint density at radius 1 is 1.22 bits per heavy atom. The smallest absolute Gasteiger partial charge is 0.339 e. The molecule has 2 aromatic rings. The van der Waals surface area contributed by atoms with Crippen molar-refractivity contribution in [2.45, 2.75) is 56.7 Å². The fraction of sp³-hybridized carbons (Fsp3) is 0.500. The number of aryl methyl sites for hydroxylation is 1. The van der Waals surface area contributed by atoms with Gasteiger partial charge < -0.3 is 14.6 Å². The lowest BCUT2D eigenvalue weighted by molar-refractivity contribution is -0.123. The number of amides is 3. The molecule has 1 aliphatic rings. The summed E-state index contributed by atoms with van der Waals surface area (Å²) >= 11 is 1.34. The maximum absolute atomic E-state index is 12.5. The van der Waals surface area contributed by atoms with Crippen LogP contribution in [0.15, 0.2) is 33.7 Å². The first-order chi connectivity index (χ1) is 15.3. The van der Waals surface area contributed by atoms with Gasteiger partial charge in [-0.15, -0.1) is 11.8 Å². The summed E-state index contributed by atoms with van der Waals surface area (Å²) < 4.78 is 10.2. The molecule has 0 radical (unpaired) electrons. The molecule has 10 heteroatoms. The number of carbonyl (C=O) groups is 3. The van der Waals surface area contributed by atoms with Crippen LogP contribution < -0.4 is 10.6 Å². The molecule has 32 heavy (non-hydrogen) atoms. The van der Waals surface area contributed by atoms with Gasteiger partial charge in [-0.1, -0.05) is 44.0 Å². The van der Waals surface area contributed by atoms with Crippen molar-refractivity contribution in [3.8, 4) is 0 Å². The molecule has 1 aromatic heterocycles. The van der Waals surface area contributed by atoms with E-state index >= 15 is 0 Å². The second kappa shape index (κ2) is 11.1. The summed E-state index contributed by atoms with van der Waals surface area (Å²) in [6.07, 6.45) is 3.08. The van der Waals surface area contributed by atoms with Crippen LogP contribution in [0.1, 0.15) is 55.2 Å². The SMILES string of the molecule is Cc1noc(CSc2ccccc2C(=O)OCC(=O)NC(=O)N[C@@H]2CCC[C@@H](C)[C@@H]2C)n1. The molecule has 3 amide bonds. The van der Waals surface area contributed by atoms with Crippen LogP contribution >= 0.6 is 11.8 Å². The molecule has 1 aromatic carbocycles. The Balaban J connectivity index is 1.47. The highest BCUT2D eigenvalue weighted by atomic mass is 32.2. The van der Waals surface area contributed by atoms with Crippen LogP contribution in [0.5, 0.6) is 0 Å². The number of ether oxygens (including phenoxy) is 1. The van der Waals surface area contributed by atoms with Gasteiger partial charge in [0.1, 0.15) is 0 Å². The molecule has 1 heterocycles. The molecule has 2 N–H and O–H groups in total. The fourth-order valence-corrected chi connectivity index (χ4v) is 4.54. The number of esters is 1. The van der Waals surface area contributed by atoms with E-state index in [1.165, 1.54) is 11.8 Å². The van der Waals surface area contributed by atoms with E-state index in [0.717, 1.165) is 19.3 Å². The number of nitrogens with zero attached hydrogens (tertiary/aromatic N) is 2. The van der Waals surface area contributed by atoms with Crippen molar-refractivity contribution in [3.63, 3.8) is 0 Å². The van der Waals surface area contributed by atoms with E-state index < -0.39 is 24.5 Å². The summed E-state index contributed by atoms with van der Waals surface area (Å²) in [5.74, 6) is 0.904. The third-order valence-electron chi connectivity index (χ3n) is 5.64. The van der Waals surface area contributed by atoms with Gasteiger partial charge in [0.2, 0.25) is 5.89 Å². The van der Waals surface area contributed by atoms with E-state index in [0.29, 0.717) is 39.8 Å². The molecule has 1 fully saturated rings. The molecule has 0 unspecified atom stereocenters. The number of hydrogen-bond acceptors (Lipinski definition) is 8. The number of aromatic nitrogens is 2. The second-order valence-corrected chi connectivity index (χ2v) is 9.01. The van der Waals surface area contributed by atoms with Gasteiger partial charge in [0, 0.05) is 10.9 Å². The van der Waals surface area contributed by atoms with Crippen LogP contribution in [0.25, 0.3) is 0 Å². The van der Waals surface area contributed by atoms with Crippen LogP contribution in [-0.4, -0.2) is 40.7 Å². The van der Waals surface area contributed by atoms with Gasteiger partial charge in [0.25, 0.3) is 5.91 Å². The number of urea groups is 1. The second-order valence-electron chi connectivity index (χ2n) is 7.99. The topological polar surface area (TPSA) is 123 Å². The molecule has 3 atom stereocenters. The van der Waals surface area contributed by atoms with Gasteiger partial charge in [0.15, 0.2) is 12.4 Å². The van der Waals surface area contributed by atoms with E-state index in [9.17, 15) is 14.4 Å². The van der Waals surface area contributed by atoms with E-state index in [1.807, 2.05) is 0 Å². The minimum Gasteiger partial charge on any atom is -0.452 e. The molecule has 1 saturated carbocycles. The average Bonchev–Trinajstić information content (AvgIpc) is 3.19. The molecule has 0 aliphatic heterocycles. The van der Waals surface area contributed by atoms with Crippen molar-refractivity contribution in [1.29, 1.82) is 0 Å². The first-order valence-corrected chi connectivity index (χ1v) is 11.6. The molecule has 1 aliphatic carbocycles. The minimum atomic E-state index is -0.682. The normalized spacial score (nSPS) is 20.4. The Bertz CT molecular complexity index is 963. The fourth-order valence-electron chi connectivity index (χ4n) is 3.66. The molecule has 0 spiro atoms. The average molecular weight is 461 g/mol. The zero-order chi connectivity index (χ0) is 23.1. The van der Waals surface area contributed by atoms with E-state index in [1.54, 1.807) is 31.2 Å². The van der Waals surface area contributed by atoms with Gasteiger partial charge >= 0.3 is 12.0 Å². The number of nitrogens with one attached hydrogen (secondary N) is 2. The van der Waals surface area contributed by atoms with Gasteiger partial charge in [-0.2, -0.15) is 4.98 Å². The summed E-state index contributed by atoms with van der Waals surface area (Å²) in [6, 6.07) is 6.34. The molecule has 0 saturated heterocycles. The van der Waals surface area contributed by atoms with Gasteiger partial charge in [0.05, 0.1) is 11.3 Å². The predicted molar refractivity (Wildman–Crippen MR) is 118 cm³/mol. The highest BCUT2D eigenvalue weighted by molar-refractivity contribution is 7.98. The van der Waals surface area contributed by atoms with Crippen molar-refractivity contribution in [2.24, 2.45) is 11.8 Å². The Kier molecular flexibility index (Phi) is 8.26. The lowest BCUT2D eigenvalue weighted by Crippen LogP contribution is -2.49. The quantitative estimate of drug-likeness (QED) is 0.475. The van der Waals surface area contributed by atoms with Crippen LogP contribution in [0, 0.1) is 18.8 Å². The Morgan fingerprint density at radius 2 is 2.00 bits per heavy atom. The third-order valence-corrected chi connectivity index (χ3v) is 6.70. The van der Waals surface area contributed by atoms with Gasteiger partial charge in [-0.3, -0.25) is 10.1 Å². The third kappa shape index (κ3) is 6.56. The van der Waals surface area contributed by atoms with E-state index in [-0.39, 0.29) is 6.04 Å². The Hall–Kier alpha value is -2.88. The largest absolute Gasteiger partial charge is 0.452 e.